The van der Waals surface area contributed by atoms with Crippen LogP contribution in [0.15, 0.2) is 48.5 Å². The van der Waals surface area contributed by atoms with E-state index in [0.29, 0.717) is 5.92 Å². The van der Waals surface area contributed by atoms with Crippen molar-refractivity contribution >= 4 is 5.70 Å². The largest absolute Gasteiger partial charge is 0.398 e. The summed E-state index contributed by atoms with van der Waals surface area (Å²) in [6, 6.07) is 19.0. The van der Waals surface area contributed by atoms with Crippen LogP contribution in [0, 0.1) is 37.2 Å². The fourth-order valence-corrected chi connectivity index (χ4v) is 4.18. The summed E-state index contributed by atoms with van der Waals surface area (Å²) < 4.78 is 0. The maximum Gasteiger partial charge on any atom is 0.0383 e. The van der Waals surface area contributed by atoms with E-state index >= 15 is 0 Å². The summed E-state index contributed by atoms with van der Waals surface area (Å²) in [5.41, 5.74) is 12.2. The third-order valence-electron chi connectivity index (χ3n) is 5.62. The first-order valence-corrected chi connectivity index (χ1v) is 10.1. The fraction of sp³-hybridized carbons (Fsp3) is 0.417. The molecule has 2 N–H and O–H groups in total. The topological polar surface area (TPSA) is 32.5 Å². The first kappa shape index (κ1) is 23.2. The zero-order valence-electron chi connectivity index (χ0n) is 17.6. The molecule has 4 heteroatoms. The SMILES string of the molecule is CC.CN1CCC(c2c[c-]c(C3c4ccccc4C(N)=CCN3C)cc2)C1.[U]. The Morgan fingerprint density at radius 2 is 1.82 bits per heavy atom. The van der Waals surface area contributed by atoms with Crippen LogP contribution in [0.3, 0.4) is 0 Å². The number of nitrogens with zero attached hydrogens (tertiary/aromatic N) is 2. The number of hydrogen-bond acceptors (Lipinski definition) is 3. The molecule has 2 aromatic carbocycles. The summed E-state index contributed by atoms with van der Waals surface area (Å²) in [5.74, 6) is 0.645. The summed E-state index contributed by atoms with van der Waals surface area (Å²) in [6.45, 7) is 7.18. The monoisotopic (exact) mass is 600 g/mol. The molecule has 2 aliphatic rings. The molecule has 4 rings (SSSR count). The van der Waals surface area contributed by atoms with Gasteiger partial charge in [0.05, 0.1) is 0 Å². The van der Waals surface area contributed by atoms with Gasteiger partial charge < -0.3 is 10.6 Å². The molecule has 28 heavy (non-hydrogen) atoms. The third kappa shape index (κ3) is 4.92. The summed E-state index contributed by atoms with van der Waals surface area (Å²) >= 11 is 0. The Morgan fingerprint density at radius 3 is 2.46 bits per heavy atom. The van der Waals surface area contributed by atoms with E-state index in [1.54, 1.807) is 0 Å². The Morgan fingerprint density at radius 1 is 1.07 bits per heavy atom. The van der Waals surface area contributed by atoms with Crippen LogP contribution in [0.1, 0.15) is 54.5 Å². The smallest absolute Gasteiger partial charge is 0.0383 e. The molecule has 0 amide bonds. The van der Waals surface area contributed by atoms with Crippen LogP contribution in [-0.4, -0.2) is 43.5 Å². The van der Waals surface area contributed by atoms with Gasteiger partial charge in [0.25, 0.3) is 0 Å². The minimum Gasteiger partial charge on any atom is -0.398 e. The summed E-state index contributed by atoms with van der Waals surface area (Å²) in [6.07, 6.45) is 3.36. The first-order valence-electron chi connectivity index (χ1n) is 10.1. The van der Waals surface area contributed by atoms with Crippen molar-refractivity contribution in [2.45, 2.75) is 32.2 Å². The predicted molar refractivity (Wildman–Crippen MR) is 115 cm³/mol. The van der Waals surface area contributed by atoms with Gasteiger partial charge >= 0.3 is 0 Å². The second kappa shape index (κ2) is 10.6. The van der Waals surface area contributed by atoms with Gasteiger partial charge in [0, 0.05) is 55.0 Å². The number of likely N-dealkylation sites (tertiary alicyclic amines) is 1. The van der Waals surface area contributed by atoms with Gasteiger partial charge in [0.2, 0.25) is 0 Å². The maximum atomic E-state index is 6.29. The summed E-state index contributed by atoms with van der Waals surface area (Å²) in [7, 11) is 4.36. The van der Waals surface area contributed by atoms with Gasteiger partial charge in [0.15, 0.2) is 0 Å². The van der Waals surface area contributed by atoms with E-state index in [0.717, 1.165) is 24.4 Å². The molecule has 2 atom stereocenters. The Labute approximate surface area is 194 Å². The van der Waals surface area contributed by atoms with E-state index in [-0.39, 0.29) is 37.2 Å². The van der Waals surface area contributed by atoms with Gasteiger partial charge in [-0.3, -0.25) is 4.90 Å². The van der Waals surface area contributed by atoms with E-state index < -0.39 is 0 Å². The number of fused-ring (bicyclic) bond motifs is 1. The van der Waals surface area contributed by atoms with E-state index in [1.165, 1.54) is 29.7 Å². The van der Waals surface area contributed by atoms with Gasteiger partial charge in [-0.1, -0.05) is 38.1 Å². The normalized spacial score (nSPS) is 22.2. The number of hydrogen-bond donors (Lipinski definition) is 1. The molecule has 0 radical (unpaired) electrons. The van der Waals surface area contributed by atoms with Crippen molar-refractivity contribution in [2.24, 2.45) is 5.73 Å². The van der Waals surface area contributed by atoms with Crippen LogP contribution in [0.5, 0.6) is 0 Å². The number of nitrogens with two attached hydrogens (primary N) is 1. The Balaban J connectivity index is 0.000000906. The summed E-state index contributed by atoms with van der Waals surface area (Å²) in [4.78, 5) is 4.75. The van der Waals surface area contributed by atoms with E-state index in [9.17, 15) is 0 Å². The molecule has 0 spiro atoms. The van der Waals surface area contributed by atoms with Gasteiger partial charge in [-0.05, 0) is 51.2 Å². The molecule has 0 bridgehead atoms. The second-order valence-electron chi connectivity index (χ2n) is 7.41. The van der Waals surface area contributed by atoms with E-state index in [1.807, 2.05) is 13.8 Å². The zero-order valence-corrected chi connectivity index (χ0v) is 21.7. The minimum absolute atomic E-state index is 0. The van der Waals surface area contributed by atoms with Gasteiger partial charge in [-0.2, -0.15) is 29.8 Å². The Hall–Kier alpha value is -1.05. The van der Waals surface area contributed by atoms with Crippen molar-refractivity contribution in [3.05, 3.63) is 76.9 Å². The maximum absolute atomic E-state index is 6.29. The number of benzene rings is 2. The van der Waals surface area contributed by atoms with Crippen LogP contribution in [-0.2, 0) is 0 Å². The Bertz CT molecular complexity index is 785. The molecule has 0 aromatic heterocycles. The average molecular weight is 601 g/mol. The zero-order chi connectivity index (χ0) is 19.4. The molecular formula is C24H32N3U-. The minimum atomic E-state index is 0. The van der Waals surface area contributed by atoms with Crippen LogP contribution in [0.2, 0.25) is 0 Å². The van der Waals surface area contributed by atoms with Crippen LogP contribution < -0.4 is 5.73 Å². The van der Waals surface area contributed by atoms with Crippen LogP contribution in [0.25, 0.3) is 5.70 Å². The van der Waals surface area contributed by atoms with E-state index in [4.69, 9.17) is 5.73 Å². The summed E-state index contributed by atoms with van der Waals surface area (Å²) in [5, 5.41) is 0. The molecular weight excluding hydrogens is 568 g/mol. The Kier molecular flexibility index (Phi) is 8.84. The van der Waals surface area contributed by atoms with Crippen molar-refractivity contribution in [1.82, 2.24) is 9.80 Å². The average Bonchev–Trinajstić information content (AvgIpc) is 3.10. The van der Waals surface area contributed by atoms with Crippen molar-refractivity contribution in [3.63, 3.8) is 0 Å². The second-order valence-corrected chi connectivity index (χ2v) is 7.41. The van der Waals surface area contributed by atoms with Gasteiger partial charge in [0.1, 0.15) is 0 Å². The molecule has 3 nitrogen and oxygen atoms in total. The molecule has 148 valence electrons. The molecule has 2 aliphatic heterocycles. The van der Waals surface area contributed by atoms with Crippen molar-refractivity contribution in [1.29, 1.82) is 0 Å². The number of rotatable bonds is 2. The molecule has 2 aromatic rings. The van der Waals surface area contributed by atoms with Crippen LogP contribution in [0.4, 0.5) is 0 Å². The molecule has 1 saturated heterocycles. The van der Waals surface area contributed by atoms with E-state index in [2.05, 4.69) is 78.5 Å². The van der Waals surface area contributed by atoms with Gasteiger partial charge in [-0.15, -0.1) is 5.56 Å². The predicted octanol–water partition coefficient (Wildman–Crippen LogP) is 4.27. The van der Waals surface area contributed by atoms with Crippen molar-refractivity contribution in [2.75, 3.05) is 33.7 Å². The molecule has 2 unspecified atom stereocenters. The van der Waals surface area contributed by atoms with Crippen LogP contribution >= 0.6 is 0 Å². The first-order chi connectivity index (χ1) is 13.1. The fourth-order valence-electron chi connectivity index (χ4n) is 4.18. The molecule has 2 heterocycles. The molecule has 1 fully saturated rings. The number of likely N-dealkylation sites (N-methyl/N-ethyl adjacent to an activating group) is 2. The molecule has 0 aliphatic carbocycles. The third-order valence-corrected chi connectivity index (χ3v) is 5.62. The molecule has 0 saturated carbocycles. The standard InChI is InChI=1S/C22H26N3.C2H6.U/c1-24-13-11-18(15-24)16-7-9-17(10-8-16)22-20-6-4-3-5-19(20)21(23)12-14-25(22)2;1-2;/h3-9,12,18,22H,11,13-15,23H2,1-2H3;1-2H3;/q-1;;. The quantitative estimate of drug-likeness (QED) is 0.523. The van der Waals surface area contributed by atoms with Crippen molar-refractivity contribution in [3.8, 4) is 0 Å². The van der Waals surface area contributed by atoms with Crippen molar-refractivity contribution < 1.29 is 31.1 Å². The van der Waals surface area contributed by atoms with Gasteiger partial charge in [-0.25, -0.2) is 0 Å².